The van der Waals surface area contributed by atoms with E-state index in [1.54, 1.807) is 16.7 Å². The third-order valence-electron chi connectivity index (χ3n) is 11.0. The molecule has 4 atom stereocenters. The van der Waals surface area contributed by atoms with Crippen LogP contribution in [-0.2, 0) is 4.74 Å². The molecule has 0 radical (unpaired) electrons. The van der Waals surface area contributed by atoms with Gasteiger partial charge < -0.3 is 14.9 Å². The maximum absolute atomic E-state index is 10.7. The van der Waals surface area contributed by atoms with E-state index >= 15 is 0 Å². The SMILES string of the molecule is CCC(O)(CC)CSCC1=CCC2/C(=C/C=C3/CCC4(CC4OCCO)C4(CC4)C3)CCCC12C. The van der Waals surface area contributed by atoms with Crippen molar-refractivity contribution in [3.05, 3.63) is 34.9 Å². The highest BCUT2D eigenvalue weighted by molar-refractivity contribution is 7.99. The number of allylic oxidation sites excluding steroid dienone is 5. The van der Waals surface area contributed by atoms with Crippen molar-refractivity contribution in [1.29, 1.82) is 0 Å². The molecule has 2 N–H and O–H groups in total. The number of rotatable bonds is 10. The van der Waals surface area contributed by atoms with E-state index in [9.17, 15) is 5.11 Å². The van der Waals surface area contributed by atoms with Gasteiger partial charge in [0.2, 0.25) is 0 Å². The highest BCUT2D eigenvalue weighted by Gasteiger charge is 2.72. The number of hydrogen-bond donors (Lipinski definition) is 2. The predicted molar refractivity (Wildman–Crippen MR) is 147 cm³/mol. The van der Waals surface area contributed by atoms with E-state index in [-0.39, 0.29) is 6.61 Å². The molecule has 196 valence electrons. The average molecular weight is 501 g/mol. The number of hydrogen-bond acceptors (Lipinski definition) is 4. The van der Waals surface area contributed by atoms with Crippen LogP contribution >= 0.6 is 11.8 Å². The Kier molecular flexibility index (Phi) is 7.42. The summed E-state index contributed by atoms with van der Waals surface area (Å²) in [5.74, 6) is 2.60. The van der Waals surface area contributed by atoms with Gasteiger partial charge in [-0.25, -0.2) is 0 Å². The topological polar surface area (TPSA) is 49.7 Å². The van der Waals surface area contributed by atoms with Crippen molar-refractivity contribution >= 4 is 11.8 Å². The van der Waals surface area contributed by atoms with Crippen LogP contribution in [0.4, 0.5) is 0 Å². The highest BCUT2D eigenvalue weighted by Crippen LogP contribution is 2.77. The Hall–Kier alpha value is -0.550. The largest absolute Gasteiger partial charge is 0.394 e. The molecule has 2 spiro atoms. The third kappa shape index (κ3) is 4.75. The summed E-state index contributed by atoms with van der Waals surface area (Å²) in [6, 6.07) is 0. The molecule has 35 heavy (non-hydrogen) atoms. The van der Waals surface area contributed by atoms with Crippen LogP contribution in [0.15, 0.2) is 34.9 Å². The summed E-state index contributed by atoms with van der Waals surface area (Å²) < 4.78 is 5.99. The smallest absolute Gasteiger partial charge is 0.0732 e. The van der Waals surface area contributed by atoms with Gasteiger partial charge in [0.25, 0.3) is 0 Å². The summed E-state index contributed by atoms with van der Waals surface area (Å²) in [7, 11) is 0. The molecule has 4 unspecified atom stereocenters. The first kappa shape index (κ1) is 26.1. The molecular weight excluding hydrogens is 452 g/mol. The van der Waals surface area contributed by atoms with Gasteiger partial charge in [0.1, 0.15) is 0 Å². The van der Waals surface area contributed by atoms with E-state index in [1.807, 2.05) is 11.8 Å². The number of aliphatic hydroxyl groups excluding tert-OH is 1. The molecule has 5 aliphatic rings. The molecule has 0 heterocycles. The first-order valence-corrected chi connectivity index (χ1v) is 15.6. The molecule has 0 bridgehead atoms. The Labute approximate surface area is 217 Å². The number of fused-ring (bicyclic) bond motifs is 2. The third-order valence-corrected chi connectivity index (χ3v) is 12.2. The Bertz CT molecular complexity index is 880. The lowest BCUT2D eigenvalue weighted by molar-refractivity contribution is 0.0346. The van der Waals surface area contributed by atoms with Crippen molar-refractivity contribution in [2.45, 2.75) is 110 Å². The maximum Gasteiger partial charge on any atom is 0.0732 e. The summed E-state index contributed by atoms with van der Waals surface area (Å²) in [5, 5.41) is 19.8. The van der Waals surface area contributed by atoms with E-state index in [4.69, 9.17) is 9.84 Å². The van der Waals surface area contributed by atoms with E-state index in [0.717, 1.165) is 24.3 Å². The predicted octanol–water partition coefficient (Wildman–Crippen LogP) is 6.99. The minimum atomic E-state index is -0.503. The number of aliphatic hydroxyl groups is 2. The molecule has 0 amide bonds. The fraction of sp³-hybridized carbons (Fsp3) is 0.806. The van der Waals surface area contributed by atoms with Crippen LogP contribution in [0.25, 0.3) is 0 Å². The fourth-order valence-corrected chi connectivity index (χ4v) is 9.54. The van der Waals surface area contributed by atoms with E-state index < -0.39 is 5.60 Å². The molecule has 0 saturated heterocycles. The molecule has 5 rings (SSSR count). The lowest BCUT2D eigenvalue weighted by Crippen LogP contribution is -2.32. The van der Waals surface area contributed by atoms with Crippen LogP contribution in [0.2, 0.25) is 0 Å². The summed E-state index contributed by atoms with van der Waals surface area (Å²) in [6.07, 6.45) is 22.5. The zero-order chi connectivity index (χ0) is 24.7. The second-order valence-electron chi connectivity index (χ2n) is 12.7. The monoisotopic (exact) mass is 500 g/mol. The van der Waals surface area contributed by atoms with Gasteiger partial charge in [-0.2, -0.15) is 11.8 Å². The van der Waals surface area contributed by atoms with Gasteiger partial charge in [-0.3, -0.25) is 0 Å². The van der Waals surface area contributed by atoms with Gasteiger partial charge in [-0.05, 0) is 93.8 Å². The van der Waals surface area contributed by atoms with Crippen molar-refractivity contribution in [3.63, 3.8) is 0 Å². The highest BCUT2D eigenvalue weighted by atomic mass is 32.2. The molecule has 0 aromatic carbocycles. The molecule has 4 heteroatoms. The summed E-state index contributed by atoms with van der Waals surface area (Å²) >= 11 is 1.94. The maximum atomic E-state index is 10.7. The first-order chi connectivity index (χ1) is 16.8. The van der Waals surface area contributed by atoms with Crippen molar-refractivity contribution in [3.8, 4) is 0 Å². The fourth-order valence-electron chi connectivity index (χ4n) is 7.98. The second kappa shape index (κ2) is 9.97. The van der Waals surface area contributed by atoms with E-state index in [1.165, 1.54) is 64.2 Å². The zero-order valence-corrected chi connectivity index (χ0v) is 23.2. The number of thioether (sulfide) groups is 1. The van der Waals surface area contributed by atoms with Gasteiger partial charge in [-0.15, -0.1) is 0 Å². The van der Waals surface area contributed by atoms with Crippen LogP contribution in [0.3, 0.4) is 0 Å². The van der Waals surface area contributed by atoms with Gasteiger partial charge in [0, 0.05) is 16.9 Å². The van der Waals surface area contributed by atoms with Gasteiger partial charge >= 0.3 is 0 Å². The lowest BCUT2D eigenvalue weighted by Gasteiger charge is -2.41. The van der Waals surface area contributed by atoms with E-state index in [0.29, 0.717) is 34.9 Å². The molecule has 5 aliphatic carbocycles. The number of ether oxygens (including phenoxy) is 1. The molecular formula is C31H48O3S. The molecule has 0 aromatic rings. The van der Waals surface area contributed by atoms with Crippen LogP contribution < -0.4 is 0 Å². The van der Waals surface area contributed by atoms with E-state index in [2.05, 4.69) is 39.0 Å². The summed E-state index contributed by atoms with van der Waals surface area (Å²) in [6.45, 7) is 7.38. The normalized spacial score (nSPS) is 37.8. The summed E-state index contributed by atoms with van der Waals surface area (Å²) in [5.41, 5.74) is 5.74. The first-order valence-electron chi connectivity index (χ1n) is 14.4. The van der Waals surface area contributed by atoms with Gasteiger partial charge in [-0.1, -0.05) is 55.7 Å². The minimum Gasteiger partial charge on any atom is -0.394 e. The second-order valence-corrected chi connectivity index (χ2v) is 13.7. The zero-order valence-electron chi connectivity index (χ0n) is 22.4. The lowest BCUT2D eigenvalue weighted by atomic mass is 9.64. The molecule has 0 aliphatic heterocycles. The van der Waals surface area contributed by atoms with Gasteiger partial charge in [0.05, 0.1) is 24.9 Å². The molecule has 4 saturated carbocycles. The Balaban J connectivity index is 1.20. The Morgan fingerprint density at radius 2 is 1.94 bits per heavy atom. The van der Waals surface area contributed by atoms with Crippen LogP contribution in [-0.4, -0.2) is 46.6 Å². The quantitative estimate of drug-likeness (QED) is 0.317. The van der Waals surface area contributed by atoms with Gasteiger partial charge in [0.15, 0.2) is 0 Å². The van der Waals surface area contributed by atoms with Crippen LogP contribution in [0.1, 0.15) is 97.8 Å². The van der Waals surface area contributed by atoms with Crippen molar-refractivity contribution < 1.29 is 14.9 Å². The summed E-state index contributed by atoms with van der Waals surface area (Å²) in [4.78, 5) is 0. The van der Waals surface area contributed by atoms with Crippen molar-refractivity contribution in [2.75, 3.05) is 24.7 Å². The Morgan fingerprint density at radius 1 is 1.14 bits per heavy atom. The minimum absolute atomic E-state index is 0.146. The Morgan fingerprint density at radius 3 is 2.66 bits per heavy atom. The molecule has 0 aromatic heterocycles. The standard InChI is InChI=1S/C31H48O3S/c1-4-30(33,5-2)22-35-21-25-10-11-26-24(7-6-13-28(25,26)3)9-8-23-12-14-31(29(19-23)15-16-29)20-27(31)34-18-17-32/h8-10,26-27,32-33H,4-7,11-22H2,1-3H3/b23-8-,24-9+. The molecule has 3 nitrogen and oxygen atoms in total. The van der Waals surface area contributed by atoms with Crippen molar-refractivity contribution in [1.82, 2.24) is 0 Å². The van der Waals surface area contributed by atoms with Crippen LogP contribution in [0, 0.1) is 22.2 Å². The average Bonchev–Trinajstić information content (AvgIpc) is 3.76. The van der Waals surface area contributed by atoms with Crippen LogP contribution in [0.5, 0.6) is 0 Å². The van der Waals surface area contributed by atoms with Crippen molar-refractivity contribution in [2.24, 2.45) is 22.2 Å². The molecule has 4 fully saturated rings.